The van der Waals surface area contributed by atoms with Gasteiger partial charge in [0.2, 0.25) is 0 Å². The summed E-state index contributed by atoms with van der Waals surface area (Å²) in [5, 5.41) is 12.0. The molecule has 1 unspecified atom stereocenters. The van der Waals surface area contributed by atoms with Crippen LogP contribution in [0.15, 0.2) is 29.2 Å². The van der Waals surface area contributed by atoms with Crippen molar-refractivity contribution in [3.63, 3.8) is 0 Å². The minimum absolute atomic E-state index is 0.0454. The van der Waals surface area contributed by atoms with Crippen molar-refractivity contribution in [1.82, 2.24) is 0 Å². The summed E-state index contributed by atoms with van der Waals surface area (Å²) in [6.45, 7) is 3.83. The fourth-order valence-corrected chi connectivity index (χ4v) is 3.49. The number of hydrogen-bond donors (Lipinski definition) is 2. The van der Waals surface area contributed by atoms with Crippen molar-refractivity contribution in [2.45, 2.75) is 50.5 Å². The lowest BCUT2D eigenvalue weighted by molar-refractivity contribution is -0.137. The van der Waals surface area contributed by atoms with E-state index >= 15 is 0 Å². The van der Waals surface area contributed by atoms with Crippen LogP contribution in [0.2, 0.25) is 0 Å². The Kier molecular flexibility index (Phi) is 6.68. The summed E-state index contributed by atoms with van der Waals surface area (Å²) < 4.78 is 23.8. The van der Waals surface area contributed by atoms with E-state index in [1.165, 1.54) is 0 Å². The number of nitrogens with one attached hydrogen (secondary N) is 1. The summed E-state index contributed by atoms with van der Waals surface area (Å²) in [6.07, 6.45) is 2.26. The summed E-state index contributed by atoms with van der Waals surface area (Å²) in [6, 6.07) is 6.36. The Morgan fingerprint density at radius 3 is 2.29 bits per heavy atom. The molecule has 0 bridgehead atoms. The van der Waals surface area contributed by atoms with Gasteiger partial charge < -0.3 is 10.4 Å². The molecule has 1 aromatic carbocycles. The van der Waals surface area contributed by atoms with E-state index in [9.17, 15) is 13.2 Å². The molecule has 0 spiro atoms. The monoisotopic (exact) mass is 313 g/mol. The fourth-order valence-electron chi connectivity index (χ4n) is 2.17. The molecule has 21 heavy (non-hydrogen) atoms. The SMILES string of the molecule is CCCC(CC(=O)O)Nc1ccc(S(=O)(=O)CCC)cc1. The van der Waals surface area contributed by atoms with Crippen LogP contribution in [0.3, 0.4) is 0 Å². The lowest BCUT2D eigenvalue weighted by Gasteiger charge is -2.17. The smallest absolute Gasteiger partial charge is 0.305 e. The van der Waals surface area contributed by atoms with Crippen LogP contribution >= 0.6 is 0 Å². The first kappa shape index (κ1) is 17.5. The molecule has 118 valence electrons. The largest absolute Gasteiger partial charge is 0.481 e. The third kappa shape index (κ3) is 5.75. The summed E-state index contributed by atoms with van der Waals surface area (Å²) in [5.74, 6) is -0.708. The summed E-state index contributed by atoms with van der Waals surface area (Å²) in [7, 11) is -3.21. The first-order chi connectivity index (χ1) is 9.89. The Labute approximate surface area is 126 Å². The quantitative estimate of drug-likeness (QED) is 0.732. The second-order valence-corrected chi connectivity index (χ2v) is 7.18. The van der Waals surface area contributed by atoms with E-state index in [4.69, 9.17) is 5.11 Å². The second kappa shape index (κ2) is 8.02. The van der Waals surface area contributed by atoms with Crippen molar-refractivity contribution >= 4 is 21.5 Å². The van der Waals surface area contributed by atoms with E-state index in [1.54, 1.807) is 24.3 Å². The van der Waals surface area contributed by atoms with Gasteiger partial charge in [-0.25, -0.2) is 8.42 Å². The maximum atomic E-state index is 11.9. The van der Waals surface area contributed by atoms with Crippen LogP contribution in [0.25, 0.3) is 0 Å². The highest BCUT2D eigenvalue weighted by Gasteiger charge is 2.14. The van der Waals surface area contributed by atoms with Gasteiger partial charge in [0.15, 0.2) is 9.84 Å². The molecule has 1 atom stereocenters. The molecule has 1 aromatic rings. The van der Waals surface area contributed by atoms with Crippen LogP contribution in [-0.2, 0) is 14.6 Å². The van der Waals surface area contributed by atoms with Crippen molar-refractivity contribution in [2.24, 2.45) is 0 Å². The molecule has 1 rings (SSSR count). The molecular weight excluding hydrogens is 290 g/mol. The number of hydrogen-bond acceptors (Lipinski definition) is 4. The van der Waals surface area contributed by atoms with Crippen molar-refractivity contribution < 1.29 is 18.3 Å². The maximum absolute atomic E-state index is 11.9. The van der Waals surface area contributed by atoms with Crippen LogP contribution < -0.4 is 5.32 Å². The zero-order chi connectivity index (χ0) is 15.9. The lowest BCUT2D eigenvalue weighted by Crippen LogP contribution is -2.22. The Bertz CT molecular complexity index is 552. The van der Waals surface area contributed by atoms with E-state index in [0.717, 1.165) is 18.5 Å². The van der Waals surface area contributed by atoms with Gasteiger partial charge in [0.05, 0.1) is 17.1 Å². The van der Waals surface area contributed by atoms with Gasteiger partial charge >= 0.3 is 5.97 Å². The predicted octanol–water partition coefficient (Wildman–Crippen LogP) is 2.93. The van der Waals surface area contributed by atoms with Gasteiger partial charge in [0.1, 0.15) is 0 Å². The summed E-state index contributed by atoms with van der Waals surface area (Å²) in [5.41, 5.74) is 0.741. The average molecular weight is 313 g/mol. The molecule has 2 N–H and O–H groups in total. The van der Waals surface area contributed by atoms with Gasteiger partial charge in [-0.2, -0.15) is 0 Å². The van der Waals surface area contributed by atoms with Gasteiger partial charge in [-0.3, -0.25) is 4.79 Å². The van der Waals surface area contributed by atoms with E-state index in [2.05, 4.69) is 5.32 Å². The van der Waals surface area contributed by atoms with E-state index in [1.807, 2.05) is 13.8 Å². The van der Waals surface area contributed by atoms with Gasteiger partial charge in [-0.1, -0.05) is 20.3 Å². The molecule has 0 heterocycles. The number of anilines is 1. The number of sulfone groups is 1. The fraction of sp³-hybridized carbons (Fsp3) is 0.533. The molecule has 0 fully saturated rings. The molecule has 5 nitrogen and oxygen atoms in total. The van der Waals surface area contributed by atoms with Crippen LogP contribution in [0.4, 0.5) is 5.69 Å². The first-order valence-electron chi connectivity index (χ1n) is 7.20. The lowest BCUT2D eigenvalue weighted by atomic mass is 10.1. The minimum Gasteiger partial charge on any atom is -0.481 e. The van der Waals surface area contributed by atoms with Gasteiger partial charge in [-0.05, 0) is 37.1 Å². The molecule has 0 radical (unpaired) electrons. The third-order valence-corrected chi connectivity index (χ3v) is 5.05. The normalized spacial score (nSPS) is 12.9. The van der Waals surface area contributed by atoms with Crippen molar-refractivity contribution in [3.05, 3.63) is 24.3 Å². The standard InChI is InChI=1S/C15H23NO4S/c1-3-5-13(11-15(17)18)16-12-6-8-14(9-7-12)21(19,20)10-4-2/h6-9,13,16H,3-5,10-11H2,1-2H3,(H,17,18). The molecular formula is C15H23NO4S. The van der Waals surface area contributed by atoms with Crippen LogP contribution in [0, 0.1) is 0 Å². The number of benzene rings is 1. The maximum Gasteiger partial charge on any atom is 0.305 e. The zero-order valence-corrected chi connectivity index (χ0v) is 13.3. The Hall–Kier alpha value is -1.56. The van der Waals surface area contributed by atoms with Gasteiger partial charge in [0, 0.05) is 11.7 Å². The summed E-state index contributed by atoms with van der Waals surface area (Å²) >= 11 is 0. The predicted molar refractivity (Wildman–Crippen MR) is 83.4 cm³/mol. The molecule has 0 aromatic heterocycles. The van der Waals surface area contributed by atoms with Crippen molar-refractivity contribution in [2.75, 3.05) is 11.1 Å². The third-order valence-electron chi connectivity index (χ3n) is 3.12. The number of aliphatic carboxylic acids is 1. The molecule has 6 heteroatoms. The molecule has 0 saturated heterocycles. The number of carboxylic acids is 1. The number of carboxylic acid groups (broad SMARTS) is 1. The average Bonchev–Trinajstić information content (AvgIpc) is 2.38. The highest BCUT2D eigenvalue weighted by atomic mass is 32.2. The van der Waals surface area contributed by atoms with Crippen LogP contribution in [0.5, 0.6) is 0 Å². The molecule has 0 saturated carbocycles. The molecule has 0 amide bonds. The number of carbonyl (C=O) groups is 1. The summed E-state index contributed by atoms with van der Waals surface area (Å²) in [4.78, 5) is 11.1. The number of rotatable bonds is 9. The topological polar surface area (TPSA) is 83.5 Å². The highest BCUT2D eigenvalue weighted by Crippen LogP contribution is 2.18. The van der Waals surface area contributed by atoms with E-state index < -0.39 is 15.8 Å². The minimum atomic E-state index is -3.21. The Morgan fingerprint density at radius 2 is 1.81 bits per heavy atom. The highest BCUT2D eigenvalue weighted by molar-refractivity contribution is 7.91. The van der Waals surface area contributed by atoms with Gasteiger partial charge in [0.25, 0.3) is 0 Å². The molecule has 0 aliphatic rings. The van der Waals surface area contributed by atoms with E-state index in [-0.39, 0.29) is 18.2 Å². The first-order valence-corrected chi connectivity index (χ1v) is 8.85. The Balaban J connectivity index is 2.79. The van der Waals surface area contributed by atoms with Gasteiger partial charge in [-0.15, -0.1) is 0 Å². The second-order valence-electron chi connectivity index (χ2n) is 5.07. The van der Waals surface area contributed by atoms with Crippen molar-refractivity contribution in [3.8, 4) is 0 Å². The molecule has 0 aliphatic heterocycles. The van der Waals surface area contributed by atoms with Crippen molar-refractivity contribution in [1.29, 1.82) is 0 Å². The zero-order valence-electron chi connectivity index (χ0n) is 12.5. The Morgan fingerprint density at radius 1 is 1.19 bits per heavy atom. The molecule has 0 aliphatic carbocycles. The van der Waals surface area contributed by atoms with Crippen LogP contribution in [-0.4, -0.2) is 31.3 Å². The van der Waals surface area contributed by atoms with E-state index in [0.29, 0.717) is 11.3 Å². The van der Waals surface area contributed by atoms with Crippen LogP contribution in [0.1, 0.15) is 39.5 Å².